The molecule has 0 spiro atoms. The van der Waals surface area contributed by atoms with Gasteiger partial charge in [-0.05, 0) is 12.8 Å². The van der Waals surface area contributed by atoms with Crippen LogP contribution in [0.3, 0.4) is 0 Å². The summed E-state index contributed by atoms with van der Waals surface area (Å²) in [7, 11) is 0. The van der Waals surface area contributed by atoms with E-state index in [1.165, 1.54) is 0 Å². The molecule has 62 valence electrons. The number of nitriles is 1. The van der Waals surface area contributed by atoms with Crippen molar-refractivity contribution < 1.29 is 0 Å². The maximum Gasteiger partial charge on any atom is 0.106 e. The largest absolute Gasteiger partial charge is 0.296 e. The summed E-state index contributed by atoms with van der Waals surface area (Å²) in [4.78, 5) is 0. The van der Waals surface area contributed by atoms with E-state index in [4.69, 9.17) is 5.26 Å². The molecule has 0 radical (unpaired) electrons. The maximum atomic E-state index is 8.84. The molecular formula is C9H16N2. The van der Waals surface area contributed by atoms with E-state index < -0.39 is 5.54 Å². The Hall–Kier alpha value is -0.810. The predicted molar refractivity (Wildman–Crippen MR) is 47.1 cm³/mol. The van der Waals surface area contributed by atoms with Gasteiger partial charge >= 0.3 is 0 Å². The molecule has 0 saturated carbocycles. The van der Waals surface area contributed by atoms with Gasteiger partial charge in [-0.25, -0.2) is 0 Å². The van der Waals surface area contributed by atoms with E-state index in [1.807, 2.05) is 20.8 Å². The van der Waals surface area contributed by atoms with E-state index in [9.17, 15) is 0 Å². The van der Waals surface area contributed by atoms with Crippen molar-refractivity contribution in [2.75, 3.05) is 6.54 Å². The smallest absolute Gasteiger partial charge is 0.106 e. The zero-order valence-corrected chi connectivity index (χ0v) is 7.52. The van der Waals surface area contributed by atoms with Gasteiger partial charge in [0, 0.05) is 6.54 Å². The van der Waals surface area contributed by atoms with Gasteiger partial charge in [-0.3, -0.25) is 5.32 Å². The van der Waals surface area contributed by atoms with Crippen LogP contribution in [0.1, 0.15) is 20.8 Å². The van der Waals surface area contributed by atoms with E-state index in [2.05, 4.69) is 18.0 Å². The molecule has 0 fully saturated rings. The van der Waals surface area contributed by atoms with Gasteiger partial charge in [-0.1, -0.05) is 19.9 Å². The Bertz CT molecular complexity index is 167. The predicted octanol–water partition coefficient (Wildman–Crippen LogP) is 1.70. The van der Waals surface area contributed by atoms with E-state index in [0.29, 0.717) is 12.5 Å². The molecule has 0 rings (SSSR count). The number of hydrogen-bond donors (Lipinski definition) is 1. The molecular weight excluding hydrogens is 136 g/mol. The quantitative estimate of drug-likeness (QED) is 0.622. The summed E-state index contributed by atoms with van der Waals surface area (Å²) in [6.45, 7) is 10.2. The van der Waals surface area contributed by atoms with Crippen LogP contribution in [0, 0.1) is 17.2 Å². The summed E-state index contributed by atoms with van der Waals surface area (Å²) in [5.41, 5.74) is -0.422. The summed E-state index contributed by atoms with van der Waals surface area (Å²) < 4.78 is 0. The SMILES string of the molecule is C=CCNC(C)(C#N)C(C)C. The Morgan fingerprint density at radius 3 is 2.55 bits per heavy atom. The summed E-state index contributed by atoms with van der Waals surface area (Å²) >= 11 is 0. The van der Waals surface area contributed by atoms with Crippen molar-refractivity contribution in [3.8, 4) is 6.07 Å². The van der Waals surface area contributed by atoms with Crippen LogP contribution >= 0.6 is 0 Å². The van der Waals surface area contributed by atoms with Gasteiger partial charge in [0.2, 0.25) is 0 Å². The molecule has 0 aromatic carbocycles. The minimum Gasteiger partial charge on any atom is -0.296 e. The molecule has 0 aromatic rings. The average Bonchev–Trinajstić information content (AvgIpc) is 2.00. The van der Waals surface area contributed by atoms with Crippen molar-refractivity contribution >= 4 is 0 Å². The molecule has 0 aromatic heterocycles. The topological polar surface area (TPSA) is 35.8 Å². The van der Waals surface area contributed by atoms with Crippen molar-refractivity contribution in [3.05, 3.63) is 12.7 Å². The second kappa shape index (κ2) is 4.15. The first kappa shape index (κ1) is 10.2. The molecule has 0 amide bonds. The van der Waals surface area contributed by atoms with Crippen molar-refractivity contribution in [2.24, 2.45) is 5.92 Å². The van der Waals surface area contributed by atoms with Crippen LogP contribution < -0.4 is 5.32 Å². The first-order chi connectivity index (χ1) is 5.06. The first-order valence-corrected chi connectivity index (χ1v) is 3.84. The van der Waals surface area contributed by atoms with E-state index >= 15 is 0 Å². The highest BCUT2D eigenvalue weighted by atomic mass is 15.0. The third kappa shape index (κ3) is 2.73. The second-order valence-corrected chi connectivity index (χ2v) is 3.14. The Labute approximate surface area is 68.9 Å². The molecule has 0 heterocycles. The van der Waals surface area contributed by atoms with Crippen LogP contribution in [0.5, 0.6) is 0 Å². The van der Waals surface area contributed by atoms with Crippen molar-refractivity contribution in [1.29, 1.82) is 5.26 Å². The number of nitrogens with one attached hydrogen (secondary N) is 1. The molecule has 2 heteroatoms. The lowest BCUT2D eigenvalue weighted by atomic mass is 9.90. The Morgan fingerprint density at radius 1 is 1.73 bits per heavy atom. The van der Waals surface area contributed by atoms with Crippen LogP contribution in [-0.4, -0.2) is 12.1 Å². The normalized spacial score (nSPS) is 15.5. The van der Waals surface area contributed by atoms with E-state index in [-0.39, 0.29) is 0 Å². The summed E-state index contributed by atoms with van der Waals surface area (Å²) in [5.74, 6) is 0.312. The number of hydrogen-bond acceptors (Lipinski definition) is 2. The Morgan fingerprint density at radius 2 is 2.27 bits per heavy atom. The van der Waals surface area contributed by atoms with Crippen LogP contribution in [-0.2, 0) is 0 Å². The molecule has 0 aliphatic heterocycles. The minimum absolute atomic E-state index is 0.312. The molecule has 2 nitrogen and oxygen atoms in total. The molecule has 0 bridgehead atoms. The van der Waals surface area contributed by atoms with Crippen molar-refractivity contribution in [2.45, 2.75) is 26.3 Å². The summed E-state index contributed by atoms with van der Waals surface area (Å²) in [6, 6.07) is 2.25. The van der Waals surface area contributed by atoms with Crippen LogP contribution in [0.25, 0.3) is 0 Å². The highest BCUT2D eigenvalue weighted by Crippen LogP contribution is 2.14. The lowest BCUT2D eigenvalue weighted by molar-refractivity contribution is 0.351. The molecule has 0 aliphatic carbocycles. The number of rotatable bonds is 4. The van der Waals surface area contributed by atoms with Crippen molar-refractivity contribution in [1.82, 2.24) is 5.32 Å². The average molecular weight is 152 g/mol. The molecule has 1 atom stereocenters. The lowest BCUT2D eigenvalue weighted by Gasteiger charge is -2.26. The molecule has 0 saturated heterocycles. The third-order valence-electron chi connectivity index (χ3n) is 2.00. The zero-order chi connectivity index (χ0) is 8.91. The molecule has 0 aliphatic rings. The first-order valence-electron chi connectivity index (χ1n) is 3.84. The van der Waals surface area contributed by atoms with E-state index in [1.54, 1.807) is 6.08 Å². The highest BCUT2D eigenvalue weighted by molar-refractivity contribution is 5.06. The minimum atomic E-state index is -0.422. The number of nitrogens with zero attached hydrogens (tertiary/aromatic N) is 1. The zero-order valence-electron chi connectivity index (χ0n) is 7.52. The van der Waals surface area contributed by atoms with Gasteiger partial charge in [-0.2, -0.15) is 5.26 Å². The molecule has 11 heavy (non-hydrogen) atoms. The summed E-state index contributed by atoms with van der Waals surface area (Å²) in [5, 5.41) is 12.0. The fourth-order valence-electron chi connectivity index (χ4n) is 0.657. The van der Waals surface area contributed by atoms with Gasteiger partial charge < -0.3 is 0 Å². The van der Waals surface area contributed by atoms with Gasteiger partial charge in [-0.15, -0.1) is 6.58 Å². The van der Waals surface area contributed by atoms with Gasteiger partial charge in [0.05, 0.1) is 6.07 Å². The van der Waals surface area contributed by atoms with Crippen LogP contribution in [0.15, 0.2) is 12.7 Å². The monoisotopic (exact) mass is 152 g/mol. The fraction of sp³-hybridized carbons (Fsp3) is 0.667. The Kier molecular flexibility index (Phi) is 3.84. The second-order valence-electron chi connectivity index (χ2n) is 3.14. The van der Waals surface area contributed by atoms with Crippen LogP contribution in [0.2, 0.25) is 0 Å². The van der Waals surface area contributed by atoms with Gasteiger partial charge in [0.1, 0.15) is 5.54 Å². The van der Waals surface area contributed by atoms with E-state index in [0.717, 1.165) is 0 Å². The standard InChI is InChI=1S/C9H16N2/c1-5-6-11-9(4,7-10)8(2)3/h5,8,11H,1,6H2,2-4H3. The molecule has 1 N–H and O–H groups in total. The maximum absolute atomic E-state index is 8.84. The van der Waals surface area contributed by atoms with Crippen molar-refractivity contribution in [3.63, 3.8) is 0 Å². The molecule has 1 unspecified atom stereocenters. The summed E-state index contributed by atoms with van der Waals surface area (Å²) in [6.07, 6.45) is 1.76. The van der Waals surface area contributed by atoms with Gasteiger partial charge in [0.15, 0.2) is 0 Å². The lowest BCUT2D eigenvalue weighted by Crippen LogP contribution is -2.45. The fourth-order valence-corrected chi connectivity index (χ4v) is 0.657. The third-order valence-corrected chi connectivity index (χ3v) is 2.00. The van der Waals surface area contributed by atoms with Gasteiger partial charge in [0.25, 0.3) is 0 Å². The Balaban J connectivity index is 4.13. The highest BCUT2D eigenvalue weighted by Gasteiger charge is 2.26. The van der Waals surface area contributed by atoms with Crippen LogP contribution in [0.4, 0.5) is 0 Å².